The van der Waals surface area contributed by atoms with Crippen LogP contribution in [0.3, 0.4) is 0 Å². The van der Waals surface area contributed by atoms with Crippen molar-refractivity contribution >= 4 is 21.7 Å². The van der Waals surface area contributed by atoms with Gasteiger partial charge in [0.05, 0.1) is 4.47 Å². The molecule has 1 saturated heterocycles. The topological polar surface area (TPSA) is 19.4 Å². The minimum atomic E-state index is 0.600. The van der Waals surface area contributed by atoms with E-state index >= 15 is 0 Å². The molecule has 1 aliphatic rings. The molecule has 0 aliphatic carbocycles. The van der Waals surface area contributed by atoms with Crippen molar-refractivity contribution in [1.82, 2.24) is 9.88 Å². The molecule has 1 fully saturated rings. The van der Waals surface area contributed by atoms with E-state index in [2.05, 4.69) is 51.5 Å². The SMILES string of the molecule is CCN1CCN(c2nccc(C)c2Br)CC1C. The van der Waals surface area contributed by atoms with Gasteiger partial charge in [0.25, 0.3) is 0 Å². The van der Waals surface area contributed by atoms with Gasteiger partial charge in [-0.05, 0) is 48.0 Å². The number of hydrogen-bond donors (Lipinski definition) is 0. The minimum Gasteiger partial charge on any atom is -0.353 e. The van der Waals surface area contributed by atoms with Crippen LogP contribution < -0.4 is 4.90 Å². The summed E-state index contributed by atoms with van der Waals surface area (Å²) in [6, 6.07) is 2.64. The Balaban J connectivity index is 2.16. The third-order valence-electron chi connectivity index (χ3n) is 3.53. The summed E-state index contributed by atoms with van der Waals surface area (Å²) in [7, 11) is 0. The van der Waals surface area contributed by atoms with Crippen molar-refractivity contribution < 1.29 is 0 Å². The average molecular weight is 298 g/mol. The van der Waals surface area contributed by atoms with Crippen molar-refractivity contribution in [2.75, 3.05) is 31.1 Å². The fourth-order valence-electron chi connectivity index (χ4n) is 2.40. The number of hydrogen-bond acceptors (Lipinski definition) is 3. The number of aryl methyl sites for hydroxylation is 1. The lowest BCUT2D eigenvalue weighted by Gasteiger charge is -2.40. The molecule has 2 rings (SSSR count). The quantitative estimate of drug-likeness (QED) is 0.837. The summed E-state index contributed by atoms with van der Waals surface area (Å²) < 4.78 is 1.14. The second-order valence-corrected chi connectivity index (χ2v) is 5.48. The van der Waals surface area contributed by atoms with E-state index in [-0.39, 0.29) is 0 Å². The van der Waals surface area contributed by atoms with E-state index in [1.165, 1.54) is 5.56 Å². The van der Waals surface area contributed by atoms with Crippen LogP contribution in [0.4, 0.5) is 5.82 Å². The number of rotatable bonds is 2. The van der Waals surface area contributed by atoms with Crippen LogP contribution >= 0.6 is 15.9 Å². The molecule has 0 spiro atoms. The Kier molecular flexibility index (Phi) is 4.05. The normalized spacial score (nSPS) is 21.9. The summed E-state index contributed by atoms with van der Waals surface area (Å²) in [6.45, 7) is 11.0. The fourth-order valence-corrected chi connectivity index (χ4v) is 2.89. The van der Waals surface area contributed by atoms with E-state index in [9.17, 15) is 0 Å². The van der Waals surface area contributed by atoms with Gasteiger partial charge in [-0.2, -0.15) is 0 Å². The van der Waals surface area contributed by atoms with Crippen LogP contribution in [-0.2, 0) is 0 Å². The van der Waals surface area contributed by atoms with Gasteiger partial charge in [-0.15, -0.1) is 0 Å². The van der Waals surface area contributed by atoms with Gasteiger partial charge < -0.3 is 4.90 Å². The van der Waals surface area contributed by atoms with E-state index in [0.29, 0.717) is 6.04 Å². The van der Waals surface area contributed by atoms with Crippen LogP contribution in [0.1, 0.15) is 19.4 Å². The van der Waals surface area contributed by atoms with Crippen LogP contribution in [0.25, 0.3) is 0 Å². The maximum atomic E-state index is 4.51. The van der Waals surface area contributed by atoms with Crippen molar-refractivity contribution in [3.05, 3.63) is 22.3 Å². The average Bonchev–Trinajstić information content (AvgIpc) is 2.32. The summed E-state index contributed by atoms with van der Waals surface area (Å²) in [5.41, 5.74) is 1.25. The van der Waals surface area contributed by atoms with Crippen molar-refractivity contribution in [2.45, 2.75) is 26.8 Å². The number of anilines is 1. The smallest absolute Gasteiger partial charge is 0.143 e. The molecule has 0 aromatic carbocycles. The van der Waals surface area contributed by atoms with Gasteiger partial charge in [0.2, 0.25) is 0 Å². The molecule has 0 radical (unpaired) electrons. The number of piperazine rings is 1. The monoisotopic (exact) mass is 297 g/mol. The Labute approximate surface area is 112 Å². The van der Waals surface area contributed by atoms with Crippen molar-refractivity contribution in [3.63, 3.8) is 0 Å². The minimum absolute atomic E-state index is 0.600. The lowest BCUT2D eigenvalue weighted by Crippen LogP contribution is -2.52. The standard InChI is InChI=1S/C13H20BrN3/c1-4-16-7-8-17(9-11(16)3)13-12(14)10(2)5-6-15-13/h5-6,11H,4,7-9H2,1-3H3. The molecule has 1 unspecified atom stereocenters. The Morgan fingerprint density at radius 3 is 2.88 bits per heavy atom. The zero-order chi connectivity index (χ0) is 12.4. The molecular formula is C13H20BrN3. The van der Waals surface area contributed by atoms with Gasteiger partial charge in [-0.3, -0.25) is 4.90 Å². The zero-order valence-corrected chi connectivity index (χ0v) is 12.4. The molecule has 2 heterocycles. The maximum Gasteiger partial charge on any atom is 0.143 e. The van der Waals surface area contributed by atoms with E-state index in [4.69, 9.17) is 0 Å². The molecule has 1 aromatic heterocycles. The first-order valence-electron chi connectivity index (χ1n) is 6.23. The second-order valence-electron chi connectivity index (χ2n) is 4.69. The van der Waals surface area contributed by atoms with Gasteiger partial charge >= 0.3 is 0 Å². The highest BCUT2D eigenvalue weighted by Crippen LogP contribution is 2.28. The zero-order valence-electron chi connectivity index (χ0n) is 10.8. The highest BCUT2D eigenvalue weighted by atomic mass is 79.9. The number of pyridine rings is 1. The van der Waals surface area contributed by atoms with Crippen molar-refractivity contribution in [1.29, 1.82) is 0 Å². The molecule has 1 aliphatic heterocycles. The summed E-state index contributed by atoms with van der Waals surface area (Å²) in [5, 5.41) is 0. The fraction of sp³-hybridized carbons (Fsp3) is 0.615. The third-order valence-corrected chi connectivity index (χ3v) is 4.51. The lowest BCUT2D eigenvalue weighted by atomic mass is 10.2. The molecule has 0 bridgehead atoms. The molecular weight excluding hydrogens is 278 g/mol. The van der Waals surface area contributed by atoms with Gasteiger partial charge in [-0.25, -0.2) is 4.98 Å². The highest BCUT2D eigenvalue weighted by Gasteiger charge is 2.24. The summed E-state index contributed by atoms with van der Waals surface area (Å²) in [5.74, 6) is 1.09. The lowest BCUT2D eigenvalue weighted by molar-refractivity contribution is 0.199. The van der Waals surface area contributed by atoms with E-state index in [1.54, 1.807) is 0 Å². The molecule has 94 valence electrons. The molecule has 0 saturated carbocycles. The van der Waals surface area contributed by atoms with Crippen molar-refractivity contribution in [2.24, 2.45) is 0 Å². The number of likely N-dealkylation sites (N-methyl/N-ethyl adjacent to an activating group) is 1. The van der Waals surface area contributed by atoms with Crippen LogP contribution in [0, 0.1) is 6.92 Å². The van der Waals surface area contributed by atoms with Crippen LogP contribution in [0.2, 0.25) is 0 Å². The Morgan fingerprint density at radius 1 is 1.47 bits per heavy atom. The maximum absolute atomic E-state index is 4.51. The Bertz CT molecular complexity index is 394. The second kappa shape index (κ2) is 5.36. The van der Waals surface area contributed by atoms with Gasteiger partial charge in [0, 0.05) is 31.9 Å². The third kappa shape index (κ3) is 2.63. The van der Waals surface area contributed by atoms with Crippen LogP contribution in [-0.4, -0.2) is 42.1 Å². The molecule has 4 heteroatoms. The number of aromatic nitrogens is 1. The number of halogens is 1. The summed E-state index contributed by atoms with van der Waals surface area (Å²) >= 11 is 3.65. The molecule has 3 nitrogen and oxygen atoms in total. The van der Waals surface area contributed by atoms with Gasteiger partial charge in [0.1, 0.15) is 5.82 Å². The summed E-state index contributed by atoms with van der Waals surface area (Å²) in [4.78, 5) is 9.41. The predicted octanol–water partition coefficient (Wildman–Crippen LogP) is 2.68. The van der Waals surface area contributed by atoms with Crippen LogP contribution in [0.5, 0.6) is 0 Å². The van der Waals surface area contributed by atoms with Gasteiger partial charge in [-0.1, -0.05) is 6.92 Å². The van der Waals surface area contributed by atoms with Gasteiger partial charge in [0.15, 0.2) is 0 Å². The molecule has 17 heavy (non-hydrogen) atoms. The first kappa shape index (κ1) is 12.8. The first-order valence-corrected chi connectivity index (χ1v) is 7.03. The highest BCUT2D eigenvalue weighted by molar-refractivity contribution is 9.10. The van der Waals surface area contributed by atoms with Crippen molar-refractivity contribution in [3.8, 4) is 0 Å². The Hall–Kier alpha value is -0.610. The Morgan fingerprint density at radius 2 is 2.24 bits per heavy atom. The number of nitrogens with zero attached hydrogens (tertiary/aromatic N) is 3. The van der Waals surface area contributed by atoms with E-state index in [0.717, 1.165) is 36.5 Å². The molecule has 1 atom stereocenters. The molecule has 0 amide bonds. The first-order chi connectivity index (χ1) is 8.13. The molecule has 1 aromatic rings. The predicted molar refractivity (Wildman–Crippen MR) is 75.6 cm³/mol. The molecule has 0 N–H and O–H groups in total. The summed E-state index contributed by atoms with van der Waals surface area (Å²) in [6.07, 6.45) is 1.90. The largest absolute Gasteiger partial charge is 0.353 e. The van der Waals surface area contributed by atoms with Crippen LogP contribution in [0.15, 0.2) is 16.7 Å². The van der Waals surface area contributed by atoms with E-state index < -0.39 is 0 Å². The van der Waals surface area contributed by atoms with E-state index in [1.807, 2.05) is 12.3 Å².